The highest BCUT2D eigenvalue weighted by molar-refractivity contribution is 5.97. The van der Waals surface area contributed by atoms with E-state index in [2.05, 4.69) is 5.32 Å². The number of hydrogen-bond donors (Lipinski definition) is 2. The quantitative estimate of drug-likeness (QED) is 0.614. The Kier molecular flexibility index (Phi) is 5.93. The van der Waals surface area contributed by atoms with Gasteiger partial charge in [-0.1, -0.05) is 13.8 Å². The fraction of sp³-hybridized carbons (Fsp3) is 0.800. The Labute approximate surface area is 90.5 Å². The maximum Gasteiger partial charge on any atom is 0.316 e. The second-order valence-electron chi connectivity index (χ2n) is 4.15. The van der Waals surface area contributed by atoms with Crippen LogP contribution in [-0.2, 0) is 9.59 Å². The van der Waals surface area contributed by atoms with E-state index in [4.69, 9.17) is 5.11 Å². The number of likely N-dealkylation sites (N-methyl/N-ethyl adjacent to an activating group) is 1. The van der Waals surface area contributed by atoms with E-state index in [0.29, 0.717) is 13.1 Å². The lowest BCUT2D eigenvalue weighted by atomic mass is 9.95. The molecular weight excluding hydrogens is 196 g/mol. The van der Waals surface area contributed by atoms with E-state index >= 15 is 0 Å². The Balaban J connectivity index is 4.10. The number of hydrogen-bond acceptors (Lipinski definition) is 3. The topological polar surface area (TPSA) is 69.6 Å². The molecule has 0 aromatic rings. The van der Waals surface area contributed by atoms with Crippen LogP contribution in [0.2, 0.25) is 0 Å². The van der Waals surface area contributed by atoms with E-state index in [0.717, 1.165) is 0 Å². The summed E-state index contributed by atoms with van der Waals surface area (Å²) >= 11 is 0. The third kappa shape index (κ3) is 5.37. The molecule has 0 fully saturated rings. The van der Waals surface area contributed by atoms with Gasteiger partial charge < -0.3 is 15.3 Å². The summed E-state index contributed by atoms with van der Waals surface area (Å²) in [4.78, 5) is 24.2. The summed E-state index contributed by atoms with van der Waals surface area (Å²) in [5, 5.41) is 11.5. The molecule has 0 spiro atoms. The molecule has 0 saturated heterocycles. The predicted octanol–water partition coefficient (Wildman–Crippen LogP) is 0.0210. The second-order valence-corrected chi connectivity index (χ2v) is 4.15. The van der Waals surface area contributed by atoms with Crippen LogP contribution >= 0.6 is 0 Å². The molecule has 0 radical (unpaired) electrons. The fourth-order valence-electron chi connectivity index (χ4n) is 1.21. The van der Waals surface area contributed by atoms with E-state index in [1.54, 1.807) is 13.8 Å². The van der Waals surface area contributed by atoms with Gasteiger partial charge in [0.1, 0.15) is 5.92 Å². The molecule has 2 N–H and O–H groups in total. The summed E-state index contributed by atoms with van der Waals surface area (Å²) in [7, 11) is 3.78. The number of aliphatic carboxylic acids is 1. The molecular formula is C10H20N2O3. The van der Waals surface area contributed by atoms with Crippen LogP contribution in [0.15, 0.2) is 0 Å². The molecule has 0 aliphatic rings. The number of carboxylic acid groups (broad SMARTS) is 1. The first-order valence-corrected chi connectivity index (χ1v) is 5.01. The zero-order chi connectivity index (χ0) is 12.0. The number of carbonyl (C=O) groups excluding carboxylic acids is 1. The van der Waals surface area contributed by atoms with Crippen LogP contribution < -0.4 is 5.32 Å². The van der Waals surface area contributed by atoms with Crippen LogP contribution in [0.5, 0.6) is 0 Å². The molecule has 0 heterocycles. The van der Waals surface area contributed by atoms with Gasteiger partial charge in [0, 0.05) is 13.1 Å². The van der Waals surface area contributed by atoms with Crippen molar-refractivity contribution < 1.29 is 14.7 Å². The minimum absolute atomic E-state index is 0.193. The molecule has 15 heavy (non-hydrogen) atoms. The molecule has 0 aliphatic carbocycles. The van der Waals surface area contributed by atoms with Crippen molar-refractivity contribution in [3.05, 3.63) is 0 Å². The summed E-state index contributed by atoms with van der Waals surface area (Å²) in [6.45, 7) is 4.63. The Hall–Kier alpha value is -1.10. The Morgan fingerprint density at radius 1 is 1.33 bits per heavy atom. The monoisotopic (exact) mass is 216 g/mol. The van der Waals surface area contributed by atoms with Gasteiger partial charge in [0.15, 0.2) is 0 Å². The van der Waals surface area contributed by atoms with Crippen molar-refractivity contribution in [1.29, 1.82) is 0 Å². The lowest BCUT2D eigenvalue weighted by molar-refractivity contribution is -0.148. The maximum atomic E-state index is 11.5. The van der Waals surface area contributed by atoms with E-state index in [1.165, 1.54) is 0 Å². The van der Waals surface area contributed by atoms with E-state index < -0.39 is 17.8 Å². The molecule has 0 aromatic heterocycles. The van der Waals surface area contributed by atoms with Crippen molar-refractivity contribution in [2.45, 2.75) is 13.8 Å². The van der Waals surface area contributed by atoms with Crippen molar-refractivity contribution in [3.63, 3.8) is 0 Å². The smallest absolute Gasteiger partial charge is 0.316 e. The van der Waals surface area contributed by atoms with Crippen LogP contribution in [0, 0.1) is 11.8 Å². The highest BCUT2D eigenvalue weighted by Gasteiger charge is 2.28. The summed E-state index contributed by atoms with van der Waals surface area (Å²) in [5.41, 5.74) is 0. The van der Waals surface area contributed by atoms with Gasteiger partial charge in [0.25, 0.3) is 0 Å². The normalized spacial score (nSPS) is 12.9. The molecule has 5 nitrogen and oxygen atoms in total. The number of nitrogens with one attached hydrogen (secondary N) is 1. The molecule has 0 bridgehead atoms. The zero-order valence-electron chi connectivity index (χ0n) is 9.78. The van der Waals surface area contributed by atoms with Crippen LogP contribution in [0.3, 0.4) is 0 Å². The van der Waals surface area contributed by atoms with Gasteiger partial charge in [0.2, 0.25) is 5.91 Å². The minimum atomic E-state index is -1.06. The first-order valence-electron chi connectivity index (χ1n) is 5.01. The molecule has 0 rings (SSSR count). The number of amides is 1. The number of carbonyl (C=O) groups is 2. The summed E-state index contributed by atoms with van der Waals surface area (Å²) in [5.74, 6) is -2.61. The number of carboxylic acids is 1. The van der Waals surface area contributed by atoms with E-state index in [9.17, 15) is 9.59 Å². The Bertz CT molecular complexity index is 227. The molecule has 0 aliphatic heterocycles. The minimum Gasteiger partial charge on any atom is -0.481 e. The summed E-state index contributed by atoms with van der Waals surface area (Å²) in [6, 6.07) is 0. The summed E-state index contributed by atoms with van der Waals surface area (Å²) < 4.78 is 0. The molecule has 0 saturated carbocycles. The highest BCUT2D eigenvalue weighted by atomic mass is 16.4. The lowest BCUT2D eigenvalue weighted by Gasteiger charge is -2.17. The molecule has 5 heteroatoms. The largest absolute Gasteiger partial charge is 0.481 e. The molecule has 1 amide bonds. The van der Waals surface area contributed by atoms with Crippen LogP contribution in [0.25, 0.3) is 0 Å². The van der Waals surface area contributed by atoms with Crippen LogP contribution in [0.4, 0.5) is 0 Å². The van der Waals surface area contributed by atoms with Crippen molar-refractivity contribution in [1.82, 2.24) is 10.2 Å². The average molecular weight is 216 g/mol. The Morgan fingerprint density at radius 3 is 2.20 bits per heavy atom. The van der Waals surface area contributed by atoms with Gasteiger partial charge >= 0.3 is 5.97 Å². The standard InChI is InChI=1S/C10H20N2O3/c1-7(2)8(10(14)15)9(13)11-5-6-12(3)4/h7-8H,5-6H2,1-4H3,(H,11,13)(H,14,15). The molecule has 1 atom stereocenters. The van der Waals surface area contributed by atoms with E-state index in [-0.39, 0.29) is 5.92 Å². The van der Waals surface area contributed by atoms with Gasteiger partial charge in [-0.25, -0.2) is 0 Å². The van der Waals surface area contributed by atoms with Gasteiger partial charge in [0.05, 0.1) is 0 Å². The molecule has 1 unspecified atom stereocenters. The van der Waals surface area contributed by atoms with Gasteiger partial charge in [-0.2, -0.15) is 0 Å². The number of rotatable bonds is 6. The van der Waals surface area contributed by atoms with Gasteiger partial charge in [-0.3, -0.25) is 9.59 Å². The lowest BCUT2D eigenvalue weighted by Crippen LogP contribution is -2.40. The van der Waals surface area contributed by atoms with Crippen LogP contribution in [-0.4, -0.2) is 49.1 Å². The first kappa shape index (κ1) is 13.9. The Morgan fingerprint density at radius 2 is 1.87 bits per heavy atom. The van der Waals surface area contributed by atoms with Gasteiger partial charge in [-0.15, -0.1) is 0 Å². The zero-order valence-corrected chi connectivity index (χ0v) is 9.78. The highest BCUT2D eigenvalue weighted by Crippen LogP contribution is 2.10. The second kappa shape index (κ2) is 6.40. The predicted molar refractivity (Wildman–Crippen MR) is 57.5 cm³/mol. The third-order valence-electron chi connectivity index (χ3n) is 2.07. The third-order valence-corrected chi connectivity index (χ3v) is 2.07. The maximum absolute atomic E-state index is 11.5. The van der Waals surface area contributed by atoms with Crippen molar-refractivity contribution in [2.24, 2.45) is 11.8 Å². The average Bonchev–Trinajstić information content (AvgIpc) is 2.01. The molecule has 88 valence electrons. The van der Waals surface area contributed by atoms with Crippen LogP contribution in [0.1, 0.15) is 13.8 Å². The summed E-state index contributed by atoms with van der Waals surface area (Å²) in [6.07, 6.45) is 0. The van der Waals surface area contributed by atoms with Gasteiger partial charge in [-0.05, 0) is 20.0 Å². The SMILES string of the molecule is CC(C)C(C(=O)O)C(=O)NCCN(C)C. The van der Waals surface area contributed by atoms with Crippen molar-refractivity contribution >= 4 is 11.9 Å². The van der Waals surface area contributed by atoms with Crippen molar-refractivity contribution in [2.75, 3.05) is 27.2 Å². The van der Waals surface area contributed by atoms with E-state index in [1.807, 2.05) is 19.0 Å². The molecule has 0 aromatic carbocycles. The van der Waals surface area contributed by atoms with Crippen molar-refractivity contribution in [3.8, 4) is 0 Å². The first-order chi connectivity index (χ1) is 6.86. The fourth-order valence-corrected chi connectivity index (χ4v) is 1.21. The number of nitrogens with zero attached hydrogens (tertiary/aromatic N) is 1.